The van der Waals surface area contributed by atoms with Gasteiger partial charge in [-0.3, -0.25) is 4.79 Å². The van der Waals surface area contributed by atoms with Crippen LogP contribution in [0.4, 0.5) is 5.69 Å². The minimum Gasteiger partial charge on any atom is -0.483 e. The van der Waals surface area contributed by atoms with Gasteiger partial charge in [0.15, 0.2) is 6.61 Å². The van der Waals surface area contributed by atoms with Crippen molar-refractivity contribution >= 4 is 17.6 Å². The molecule has 0 saturated heterocycles. The molecule has 2 rings (SSSR count). The Kier molecular flexibility index (Phi) is 6.57. The Bertz CT molecular complexity index is 742. The molecule has 0 aliphatic heterocycles. The summed E-state index contributed by atoms with van der Waals surface area (Å²) in [4.78, 5) is 23.7. The fourth-order valence-electron chi connectivity index (χ4n) is 2.42. The van der Waals surface area contributed by atoms with Crippen LogP contribution in [0.3, 0.4) is 0 Å². The first-order chi connectivity index (χ1) is 12.0. The number of carbonyl (C=O) groups is 2. The largest absolute Gasteiger partial charge is 0.483 e. The Morgan fingerprint density at radius 2 is 1.88 bits per heavy atom. The van der Waals surface area contributed by atoms with Crippen molar-refractivity contribution in [2.24, 2.45) is 0 Å². The molecule has 0 aliphatic carbocycles. The minimum atomic E-state index is -0.449. The number of anilines is 1. The number of amides is 1. The summed E-state index contributed by atoms with van der Waals surface area (Å²) >= 11 is 0. The van der Waals surface area contributed by atoms with E-state index in [1.165, 1.54) is 7.11 Å². The molecule has 0 bridgehead atoms. The van der Waals surface area contributed by atoms with Crippen LogP contribution in [0.2, 0.25) is 0 Å². The summed E-state index contributed by atoms with van der Waals surface area (Å²) in [5.74, 6) is 0.335. The van der Waals surface area contributed by atoms with Gasteiger partial charge in [0.1, 0.15) is 5.75 Å². The fourth-order valence-corrected chi connectivity index (χ4v) is 2.42. The number of hydrogen-bond acceptors (Lipinski definition) is 4. The second kappa shape index (κ2) is 8.87. The second-order valence-electron chi connectivity index (χ2n) is 5.76. The predicted octanol–water partition coefficient (Wildman–Crippen LogP) is 4.00. The van der Waals surface area contributed by atoms with Gasteiger partial charge in [0.2, 0.25) is 0 Å². The number of methoxy groups -OCH3 is 1. The Morgan fingerprint density at radius 1 is 1.12 bits per heavy atom. The van der Waals surface area contributed by atoms with Crippen molar-refractivity contribution in [1.29, 1.82) is 0 Å². The smallest absolute Gasteiger partial charge is 0.337 e. The van der Waals surface area contributed by atoms with Crippen LogP contribution in [0, 0.1) is 0 Å². The van der Waals surface area contributed by atoms with Crippen LogP contribution in [0.25, 0.3) is 0 Å². The Morgan fingerprint density at radius 3 is 2.60 bits per heavy atom. The van der Waals surface area contributed by atoms with Gasteiger partial charge in [0.25, 0.3) is 5.91 Å². The van der Waals surface area contributed by atoms with Gasteiger partial charge in [-0.1, -0.05) is 38.1 Å². The van der Waals surface area contributed by atoms with Crippen molar-refractivity contribution in [3.63, 3.8) is 0 Å². The first-order valence-corrected chi connectivity index (χ1v) is 8.25. The number of hydrogen-bond donors (Lipinski definition) is 1. The zero-order chi connectivity index (χ0) is 18.2. The van der Waals surface area contributed by atoms with E-state index in [0.29, 0.717) is 17.2 Å². The lowest BCUT2D eigenvalue weighted by molar-refractivity contribution is -0.118. The third-order valence-electron chi connectivity index (χ3n) is 3.99. The lowest BCUT2D eigenvalue weighted by atomic mass is 9.98. The highest BCUT2D eigenvalue weighted by Gasteiger charge is 2.12. The number of nitrogens with one attached hydrogen (secondary N) is 1. The van der Waals surface area contributed by atoms with Crippen LogP contribution in [0.1, 0.15) is 42.1 Å². The average molecular weight is 341 g/mol. The summed E-state index contributed by atoms with van der Waals surface area (Å²) < 4.78 is 10.4. The molecule has 0 spiro atoms. The zero-order valence-electron chi connectivity index (χ0n) is 14.7. The molecule has 5 nitrogen and oxygen atoms in total. The molecule has 1 atom stereocenters. The van der Waals surface area contributed by atoms with Crippen LogP contribution in [-0.2, 0) is 9.53 Å². The summed E-state index contributed by atoms with van der Waals surface area (Å²) in [6, 6.07) is 14.3. The third kappa shape index (κ3) is 5.08. The Labute approximate surface area is 148 Å². The molecule has 2 aromatic rings. The third-order valence-corrected chi connectivity index (χ3v) is 3.99. The first-order valence-electron chi connectivity index (χ1n) is 8.25. The van der Waals surface area contributed by atoms with Gasteiger partial charge in [-0.05, 0) is 42.2 Å². The van der Waals surface area contributed by atoms with Crippen molar-refractivity contribution in [3.05, 3.63) is 59.7 Å². The first kappa shape index (κ1) is 18.5. The standard InChI is InChI=1S/C20H23NO4/c1-4-14(2)17-10-5-6-11-18(17)25-13-19(22)21-16-9-7-8-15(12-16)20(23)24-3/h5-12,14H,4,13H2,1-3H3,(H,21,22). The molecule has 0 radical (unpaired) electrons. The fraction of sp³-hybridized carbons (Fsp3) is 0.300. The van der Waals surface area contributed by atoms with E-state index in [9.17, 15) is 9.59 Å². The van der Waals surface area contributed by atoms with E-state index in [-0.39, 0.29) is 12.5 Å². The van der Waals surface area contributed by atoms with E-state index >= 15 is 0 Å². The maximum absolute atomic E-state index is 12.1. The SMILES string of the molecule is CCC(C)c1ccccc1OCC(=O)Nc1cccc(C(=O)OC)c1. The monoisotopic (exact) mass is 341 g/mol. The molecule has 0 aliphatic rings. The van der Waals surface area contributed by atoms with Crippen LogP contribution in [-0.4, -0.2) is 25.6 Å². The number of benzene rings is 2. The summed E-state index contributed by atoms with van der Waals surface area (Å²) in [6.07, 6.45) is 0.993. The number of carbonyl (C=O) groups excluding carboxylic acids is 2. The summed E-state index contributed by atoms with van der Waals surface area (Å²) in [7, 11) is 1.32. The van der Waals surface area contributed by atoms with E-state index in [1.807, 2.05) is 24.3 Å². The molecule has 1 unspecified atom stereocenters. The number of rotatable bonds is 7. The van der Waals surface area contributed by atoms with Crippen molar-refractivity contribution in [2.45, 2.75) is 26.2 Å². The van der Waals surface area contributed by atoms with Crippen molar-refractivity contribution in [3.8, 4) is 5.75 Å². The highest BCUT2D eigenvalue weighted by molar-refractivity contribution is 5.95. The summed E-state index contributed by atoms with van der Waals surface area (Å²) in [5.41, 5.74) is 1.99. The van der Waals surface area contributed by atoms with Crippen LogP contribution in [0.5, 0.6) is 5.75 Å². The molecule has 0 saturated carbocycles. The molecule has 25 heavy (non-hydrogen) atoms. The molecular weight excluding hydrogens is 318 g/mol. The van der Waals surface area contributed by atoms with Gasteiger partial charge in [0.05, 0.1) is 12.7 Å². The molecule has 132 valence electrons. The lowest BCUT2D eigenvalue weighted by Gasteiger charge is -2.15. The van der Waals surface area contributed by atoms with E-state index < -0.39 is 5.97 Å². The molecule has 0 heterocycles. The van der Waals surface area contributed by atoms with E-state index in [0.717, 1.165) is 17.7 Å². The van der Waals surface area contributed by atoms with E-state index in [2.05, 4.69) is 23.9 Å². The number of esters is 1. The van der Waals surface area contributed by atoms with Gasteiger partial charge in [-0.2, -0.15) is 0 Å². The van der Waals surface area contributed by atoms with Crippen molar-refractivity contribution in [1.82, 2.24) is 0 Å². The van der Waals surface area contributed by atoms with Crippen LogP contribution in [0.15, 0.2) is 48.5 Å². The van der Waals surface area contributed by atoms with Crippen LogP contribution < -0.4 is 10.1 Å². The van der Waals surface area contributed by atoms with Gasteiger partial charge in [0, 0.05) is 5.69 Å². The van der Waals surface area contributed by atoms with Gasteiger partial charge >= 0.3 is 5.97 Å². The minimum absolute atomic E-state index is 0.101. The molecule has 2 aromatic carbocycles. The highest BCUT2D eigenvalue weighted by atomic mass is 16.5. The van der Waals surface area contributed by atoms with Crippen molar-refractivity contribution in [2.75, 3.05) is 19.0 Å². The normalized spacial score (nSPS) is 11.5. The maximum atomic E-state index is 12.1. The lowest BCUT2D eigenvalue weighted by Crippen LogP contribution is -2.20. The molecule has 1 N–H and O–H groups in total. The Hall–Kier alpha value is -2.82. The quantitative estimate of drug-likeness (QED) is 0.773. The Balaban J connectivity index is 1.99. The van der Waals surface area contributed by atoms with Crippen molar-refractivity contribution < 1.29 is 19.1 Å². The molecule has 5 heteroatoms. The van der Waals surface area contributed by atoms with Gasteiger partial charge in [-0.15, -0.1) is 0 Å². The van der Waals surface area contributed by atoms with Gasteiger partial charge in [-0.25, -0.2) is 4.79 Å². The number of para-hydroxylation sites is 1. The summed E-state index contributed by atoms with van der Waals surface area (Å²) in [5, 5.41) is 2.72. The molecule has 0 aromatic heterocycles. The molecule has 1 amide bonds. The van der Waals surface area contributed by atoms with E-state index in [1.54, 1.807) is 24.3 Å². The molecular formula is C20H23NO4. The maximum Gasteiger partial charge on any atom is 0.337 e. The highest BCUT2D eigenvalue weighted by Crippen LogP contribution is 2.28. The zero-order valence-corrected chi connectivity index (χ0v) is 14.7. The van der Waals surface area contributed by atoms with Gasteiger partial charge < -0.3 is 14.8 Å². The average Bonchev–Trinajstić information content (AvgIpc) is 2.65. The molecule has 0 fully saturated rings. The van der Waals surface area contributed by atoms with Crippen LogP contribution >= 0.6 is 0 Å². The topological polar surface area (TPSA) is 64.6 Å². The predicted molar refractivity (Wildman–Crippen MR) is 97.1 cm³/mol. The summed E-state index contributed by atoms with van der Waals surface area (Å²) in [6.45, 7) is 4.14. The van der Waals surface area contributed by atoms with E-state index in [4.69, 9.17) is 4.74 Å². The second-order valence-corrected chi connectivity index (χ2v) is 5.76. The number of ether oxygens (including phenoxy) is 2.